The minimum atomic E-state index is -0.652. The fourth-order valence-corrected chi connectivity index (χ4v) is 0.570. The molecule has 5 nitrogen and oxygen atoms in total. The predicted octanol–water partition coefficient (Wildman–Crippen LogP) is -0.120. The van der Waals surface area contributed by atoms with Crippen LogP contribution in [-0.2, 0) is 14.3 Å². The van der Waals surface area contributed by atoms with Gasteiger partial charge in [-0.05, 0) is 13.6 Å². The molecule has 0 aliphatic rings. The van der Waals surface area contributed by atoms with Gasteiger partial charge in [-0.15, -0.1) is 0 Å². The lowest BCUT2D eigenvalue weighted by molar-refractivity contribution is -0.138. The average Bonchev–Trinajstić information content (AvgIpc) is 2.14. The molecule has 0 bridgehead atoms. The molecular weight excluding hydrogens is 172 g/mol. The van der Waals surface area contributed by atoms with Crippen molar-refractivity contribution in [3.63, 3.8) is 0 Å². The minimum Gasteiger partial charge on any atom is -0.461 e. The number of carbonyl (C=O) groups is 2. The number of nitrogens with zero attached hydrogens (tertiary/aromatic N) is 1. The van der Waals surface area contributed by atoms with E-state index in [2.05, 4.69) is 21.8 Å². The van der Waals surface area contributed by atoms with Gasteiger partial charge < -0.3 is 10.1 Å². The van der Waals surface area contributed by atoms with Crippen molar-refractivity contribution < 1.29 is 14.3 Å². The molecule has 0 saturated carbocycles. The van der Waals surface area contributed by atoms with Crippen molar-refractivity contribution in [3.05, 3.63) is 11.8 Å². The van der Waals surface area contributed by atoms with Gasteiger partial charge in [0, 0.05) is 13.1 Å². The van der Waals surface area contributed by atoms with Gasteiger partial charge in [-0.3, -0.25) is 9.79 Å². The Balaban J connectivity index is 4.49. The smallest absolute Gasteiger partial charge is 0.357 e. The number of likely N-dealkylation sites (N-methyl/N-ethyl adjacent to an activating group) is 1. The maximum absolute atomic E-state index is 11.0. The summed E-state index contributed by atoms with van der Waals surface area (Å²) < 4.78 is 4.62. The van der Waals surface area contributed by atoms with Crippen LogP contribution in [0.15, 0.2) is 16.8 Å². The maximum Gasteiger partial charge on any atom is 0.357 e. The summed E-state index contributed by atoms with van der Waals surface area (Å²) >= 11 is 0. The Morgan fingerprint density at radius 1 is 1.62 bits per heavy atom. The fourth-order valence-electron chi connectivity index (χ4n) is 0.570. The SMILES string of the molecule is C=N/C(=C\C(=O)NC)C(=O)OCC. The Kier molecular flexibility index (Phi) is 5.18. The average molecular weight is 184 g/mol. The minimum absolute atomic E-state index is 0.0961. The largest absolute Gasteiger partial charge is 0.461 e. The van der Waals surface area contributed by atoms with E-state index in [9.17, 15) is 9.59 Å². The highest BCUT2D eigenvalue weighted by Crippen LogP contribution is 1.98. The molecule has 0 saturated heterocycles. The topological polar surface area (TPSA) is 67.8 Å². The predicted molar refractivity (Wildman–Crippen MR) is 48.3 cm³/mol. The Morgan fingerprint density at radius 2 is 2.23 bits per heavy atom. The Hall–Kier alpha value is -1.65. The number of hydrogen-bond acceptors (Lipinski definition) is 4. The first-order valence-corrected chi connectivity index (χ1v) is 3.73. The van der Waals surface area contributed by atoms with Gasteiger partial charge in [-0.25, -0.2) is 4.79 Å². The summed E-state index contributed by atoms with van der Waals surface area (Å²) in [6, 6.07) is 0. The highest BCUT2D eigenvalue weighted by atomic mass is 16.5. The zero-order valence-electron chi connectivity index (χ0n) is 7.66. The van der Waals surface area contributed by atoms with Crippen molar-refractivity contribution in [1.82, 2.24) is 5.32 Å². The number of nitrogens with one attached hydrogen (secondary N) is 1. The molecule has 1 amide bonds. The third-order valence-electron chi connectivity index (χ3n) is 1.17. The van der Waals surface area contributed by atoms with Crippen LogP contribution in [0, 0.1) is 0 Å². The number of esters is 1. The van der Waals surface area contributed by atoms with E-state index in [1.807, 2.05) is 0 Å². The Bertz CT molecular complexity index is 246. The first kappa shape index (κ1) is 11.4. The van der Waals surface area contributed by atoms with E-state index >= 15 is 0 Å². The van der Waals surface area contributed by atoms with Gasteiger partial charge in [0.05, 0.1) is 6.61 Å². The molecule has 0 aromatic rings. The molecule has 0 atom stereocenters. The van der Waals surface area contributed by atoms with Crippen LogP contribution >= 0.6 is 0 Å². The van der Waals surface area contributed by atoms with E-state index < -0.39 is 11.9 Å². The second-order valence-corrected chi connectivity index (χ2v) is 2.02. The first-order valence-electron chi connectivity index (χ1n) is 3.73. The number of carbonyl (C=O) groups excluding carboxylic acids is 2. The quantitative estimate of drug-likeness (QED) is 0.376. The van der Waals surface area contributed by atoms with Gasteiger partial charge in [0.15, 0.2) is 5.70 Å². The van der Waals surface area contributed by atoms with Crippen LogP contribution in [0.4, 0.5) is 0 Å². The molecule has 13 heavy (non-hydrogen) atoms. The van der Waals surface area contributed by atoms with Gasteiger partial charge in [-0.2, -0.15) is 0 Å². The molecule has 0 spiro atoms. The van der Waals surface area contributed by atoms with Crippen LogP contribution < -0.4 is 5.32 Å². The van der Waals surface area contributed by atoms with Crippen molar-refractivity contribution >= 4 is 18.6 Å². The second-order valence-electron chi connectivity index (χ2n) is 2.02. The third kappa shape index (κ3) is 4.05. The van der Waals surface area contributed by atoms with Crippen molar-refractivity contribution in [2.45, 2.75) is 6.92 Å². The highest BCUT2D eigenvalue weighted by molar-refractivity contribution is 5.98. The van der Waals surface area contributed by atoms with Gasteiger partial charge in [0.2, 0.25) is 5.91 Å². The lowest BCUT2D eigenvalue weighted by atomic mass is 10.4. The molecule has 5 heteroatoms. The summed E-state index contributed by atoms with van der Waals surface area (Å²) in [5.41, 5.74) is -0.0961. The molecule has 0 unspecified atom stereocenters. The summed E-state index contributed by atoms with van der Waals surface area (Å²) in [5.74, 6) is -1.07. The monoisotopic (exact) mass is 184 g/mol. The lowest BCUT2D eigenvalue weighted by Crippen LogP contribution is -2.17. The van der Waals surface area contributed by atoms with Crippen LogP contribution in [0.5, 0.6) is 0 Å². The normalized spacial score (nSPS) is 10.5. The van der Waals surface area contributed by atoms with E-state index in [0.717, 1.165) is 6.08 Å². The van der Waals surface area contributed by atoms with E-state index in [4.69, 9.17) is 0 Å². The first-order chi connectivity index (χ1) is 6.15. The van der Waals surface area contributed by atoms with Crippen LogP contribution in [0.2, 0.25) is 0 Å². The zero-order valence-corrected chi connectivity index (χ0v) is 7.66. The summed E-state index contributed by atoms with van der Waals surface area (Å²) in [6.45, 7) is 5.05. The molecule has 72 valence electrons. The summed E-state index contributed by atoms with van der Waals surface area (Å²) in [5, 5.41) is 2.32. The van der Waals surface area contributed by atoms with Gasteiger partial charge in [-0.1, -0.05) is 0 Å². The fraction of sp³-hybridized carbons (Fsp3) is 0.375. The molecule has 0 aliphatic heterocycles. The zero-order chi connectivity index (χ0) is 10.3. The molecule has 0 heterocycles. The summed E-state index contributed by atoms with van der Waals surface area (Å²) in [4.78, 5) is 25.2. The van der Waals surface area contributed by atoms with E-state index in [0.29, 0.717) is 0 Å². The Labute approximate surface area is 76.5 Å². The summed E-state index contributed by atoms with van der Waals surface area (Å²) in [7, 11) is 1.45. The van der Waals surface area contributed by atoms with Gasteiger partial charge in [0.25, 0.3) is 0 Å². The van der Waals surface area contributed by atoms with E-state index in [1.165, 1.54) is 7.05 Å². The van der Waals surface area contributed by atoms with Crippen molar-refractivity contribution in [3.8, 4) is 0 Å². The molecule has 0 radical (unpaired) electrons. The number of hydrogen-bond donors (Lipinski definition) is 1. The Morgan fingerprint density at radius 3 is 2.62 bits per heavy atom. The molecular formula is C8H12N2O3. The molecule has 0 aromatic heterocycles. The van der Waals surface area contributed by atoms with Crippen molar-refractivity contribution in [2.75, 3.05) is 13.7 Å². The number of rotatable bonds is 4. The van der Waals surface area contributed by atoms with E-state index in [-0.39, 0.29) is 12.3 Å². The molecule has 0 aromatic carbocycles. The number of aliphatic imine (C=N–C) groups is 1. The second kappa shape index (κ2) is 5.93. The van der Waals surface area contributed by atoms with Crippen LogP contribution in [-0.4, -0.2) is 32.2 Å². The lowest BCUT2D eigenvalue weighted by Gasteiger charge is -2.00. The van der Waals surface area contributed by atoms with Crippen molar-refractivity contribution in [2.24, 2.45) is 4.99 Å². The number of amides is 1. The molecule has 1 N–H and O–H groups in total. The van der Waals surface area contributed by atoms with Gasteiger partial charge in [0.1, 0.15) is 0 Å². The highest BCUT2D eigenvalue weighted by Gasteiger charge is 2.09. The van der Waals surface area contributed by atoms with Crippen molar-refractivity contribution in [1.29, 1.82) is 0 Å². The number of ether oxygens (including phenoxy) is 1. The molecule has 0 aliphatic carbocycles. The van der Waals surface area contributed by atoms with Crippen LogP contribution in [0.25, 0.3) is 0 Å². The third-order valence-corrected chi connectivity index (χ3v) is 1.17. The van der Waals surface area contributed by atoms with Crippen LogP contribution in [0.3, 0.4) is 0 Å². The molecule has 0 fully saturated rings. The van der Waals surface area contributed by atoms with Crippen LogP contribution in [0.1, 0.15) is 6.92 Å². The molecule has 0 rings (SSSR count). The summed E-state index contributed by atoms with van der Waals surface area (Å²) in [6.07, 6.45) is 1.03. The maximum atomic E-state index is 11.0. The van der Waals surface area contributed by atoms with Gasteiger partial charge >= 0.3 is 5.97 Å². The van der Waals surface area contributed by atoms with E-state index in [1.54, 1.807) is 6.92 Å². The standard InChI is InChI=1S/C8H12N2O3/c1-4-13-8(12)6(9-2)5-7(11)10-3/h5H,2,4H2,1,3H3,(H,10,11)/b6-5-.